The SMILES string of the molecule is CCCCCCCCCCCC[N+](C)(C)C.CCCCCCCCCCCC[N+](C)(C)C.Cl. The Morgan fingerprint density at radius 2 is 0.485 bits per heavy atom. The van der Waals surface area contributed by atoms with Crippen LogP contribution in [0.4, 0.5) is 0 Å². The molecule has 204 valence electrons. The first kappa shape index (κ1) is 37.8. The summed E-state index contributed by atoms with van der Waals surface area (Å²) in [4.78, 5) is 0. The number of quaternary nitrogens is 2. The second-order valence-electron chi connectivity index (χ2n) is 12.4. The fraction of sp³-hybridized carbons (Fsp3) is 1.00. The molecule has 0 amide bonds. The van der Waals surface area contributed by atoms with E-state index in [-0.39, 0.29) is 12.4 Å². The van der Waals surface area contributed by atoms with Crippen LogP contribution in [0.25, 0.3) is 0 Å². The minimum absolute atomic E-state index is 0. The Balaban J connectivity index is -0.000000529. The van der Waals surface area contributed by atoms with E-state index < -0.39 is 0 Å². The van der Waals surface area contributed by atoms with E-state index >= 15 is 0 Å². The zero-order chi connectivity index (χ0) is 24.6. The lowest BCUT2D eigenvalue weighted by Crippen LogP contribution is -2.35. The summed E-state index contributed by atoms with van der Waals surface area (Å²) in [5, 5.41) is 0. The van der Waals surface area contributed by atoms with Crippen LogP contribution in [-0.2, 0) is 0 Å². The van der Waals surface area contributed by atoms with Crippen LogP contribution in [0.5, 0.6) is 0 Å². The summed E-state index contributed by atoms with van der Waals surface area (Å²) in [6, 6.07) is 0. The minimum atomic E-state index is 0. The molecule has 0 atom stereocenters. The van der Waals surface area contributed by atoms with Gasteiger partial charge in [-0.05, 0) is 25.7 Å². The normalized spacial score (nSPS) is 11.6. The molecule has 0 aromatic carbocycles. The predicted octanol–water partition coefficient (Wildman–Crippen LogP) is 9.65. The third-order valence-corrected chi connectivity index (χ3v) is 6.36. The lowest BCUT2D eigenvalue weighted by atomic mass is 10.1. The summed E-state index contributed by atoms with van der Waals surface area (Å²) in [6.07, 6.45) is 28.8. The van der Waals surface area contributed by atoms with Gasteiger partial charge in [-0.25, -0.2) is 0 Å². The van der Waals surface area contributed by atoms with Gasteiger partial charge in [0, 0.05) is 0 Å². The first-order chi connectivity index (χ1) is 15.1. The Hall–Kier alpha value is 0.210. The molecule has 0 unspecified atom stereocenters. The molecule has 0 aliphatic rings. The van der Waals surface area contributed by atoms with Crippen molar-refractivity contribution >= 4 is 12.4 Å². The number of halogens is 1. The molecular weight excluding hydrogens is 424 g/mol. The maximum atomic E-state index is 2.29. The molecule has 0 rings (SSSR count). The van der Waals surface area contributed by atoms with Gasteiger partial charge in [0.15, 0.2) is 0 Å². The molecule has 0 saturated carbocycles. The van der Waals surface area contributed by atoms with Crippen LogP contribution in [0.3, 0.4) is 0 Å². The lowest BCUT2D eigenvalue weighted by molar-refractivity contribution is -0.870. The topological polar surface area (TPSA) is 0 Å². The number of unbranched alkanes of at least 4 members (excludes halogenated alkanes) is 18. The summed E-state index contributed by atoms with van der Waals surface area (Å²) in [5.41, 5.74) is 0. The van der Waals surface area contributed by atoms with E-state index in [0.29, 0.717) is 0 Å². The van der Waals surface area contributed by atoms with Gasteiger partial charge in [0.2, 0.25) is 0 Å². The second-order valence-corrected chi connectivity index (χ2v) is 12.4. The Morgan fingerprint density at radius 3 is 0.667 bits per heavy atom. The van der Waals surface area contributed by atoms with Crippen molar-refractivity contribution in [3.8, 4) is 0 Å². The fourth-order valence-electron chi connectivity index (χ4n) is 4.15. The van der Waals surface area contributed by atoms with Crippen molar-refractivity contribution in [2.45, 2.75) is 142 Å². The maximum Gasteiger partial charge on any atom is 0.0780 e. The molecule has 0 aromatic rings. The van der Waals surface area contributed by atoms with E-state index in [1.807, 2.05) is 0 Å². The molecule has 0 N–H and O–H groups in total. The summed E-state index contributed by atoms with van der Waals surface area (Å²) in [7, 11) is 13.7. The molecule has 3 heteroatoms. The highest BCUT2D eigenvalue weighted by Gasteiger charge is 2.05. The van der Waals surface area contributed by atoms with Gasteiger partial charge in [-0.1, -0.05) is 117 Å². The van der Waals surface area contributed by atoms with E-state index in [1.165, 1.54) is 142 Å². The van der Waals surface area contributed by atoms with Crippen LogP contribution in [0.15, 0.2) is 0 Å². The molecule has 0 bridgehead atoms. The first-order valence-corrected chi connectivity index (χ1v) is 14.7. The van der Waals surface area contributed by atoms with Crippen molar-refractivity contribution < 1.29 is 8.97 Å². The molecule has 0 aliphatic heterocycles. The Bertz CT molecular complexity index is 310. The quantitative estimate of drug-likeness (QED) is 0.104. The lowest BCUT2D eigenvalue weighted by Gasteiger charge is -2.23. The summed E-state index contributed by atoms with van der Waals surface area (Å²) in [5.74, 6) is 0. The molecule has 0 radical (unpaired) electrons. The minimum Gasteiger partial charge on any atom is -0.331 e. The molecule has 2 nitrogen and oxygen atoms in total. The molecule has 0 saturated heterocycles. The molecule has 0 heterocycles. The Labute approximate surface area is 218 Å². The van der Waals surface area contributed by atoms with Gasteiger partial charge in [0.25, 0.3) is 0 Å². The number of nitrogens with zero attached hydrogens (tertiary/aromatic N) is 2. The monoisotopic (exact) mass is 493 g/mol. The Morgan fingerprint density at radius 1 is 0.303 bits per heavy atom. The summed E-state index contributed by atoms with van der Waals surface area (Å²) < 4.78 is 2.24. The van der Waals surface area contributed by atoms with Crippen molar-refractivity contribution in [3.63, 3.8) is 0 Å². The maximum absolute atomic E-state index is 2.29. The van der Waals surface area contributed by atoms with Crippen LogP contribution in [0.1, 0.15) is 142 Å². The molecule has 0 fully saturated rings. The van der Waals surface area contributed by atoms with E-state index in [4.69, 9.17) is 0 Å². The van der Waals surface area contributed by atoms with Crippen LogP contribution < -0.4 is 0 Å². The van der Waals surface area contributed by atoms with Crippen LogP contribution in [-0.4, -0.2) is 64.3 Å². The molecule has 0 aliphatic carbocycles. The highest BCUT2D eigenvalue weighted by atomic mass is 35.5. The summed E-state index contributed by atoms with van der Waals surface area (Å²) in [6.45, 7) is 7.23. The van der Waals surface area contributed by atoms with E-state index in [0.717, 1.165) is 8.97 Å². The average molecular weight is 493 g/mol. The van der Waals surface area contributed by atoms with Crippen molar-refractivity contribution in [3.05, 3.63) is 0 Å². The van der Waals surface area contributed by atoms with Crippen LogP contribution >= 0.6 is 12.4 Å². The molecular formula is C30H69ClN2+2. The molecule has 0 aromatic heterocycles. The number of hydrogen-bond acceptors (Lipinski definition) is 0. The van der Waals surface area contributed by atoms with Crippen molar-refractivity contribution in [1.29, 1.82) is 0 Å². The van der Waals surface area contributed by atoms with Gasteiger partial charge in [-0.2, -0.15) is 0 Å². The van der Waals surface area contributed by atoms with Gasteiger partial charge in [0.05, 0.1) is 55.4 Å². The van der Waals surface area contributed by atoms with Crippen molar-refractivity contribution in [2.75, 3.05) is 55.4 Å². The zero-order valence-corrected chi connectivity index (χ0v) is 25.7. The van der Waals surface area contributed by atoms with Gasteiger partial charge in [-0.15, -0.1) is 12.4 Å². The zero-order valence-electron chi connectivity index (χ0n) is 24.9. The summed E-state index contributed by atoms with van der Waals surface area (Å²) >= 11 is 0. The second kappa shape index (κ2) is 26.8. The highest BCUT2D eigenvalue weighted by molar-refractivity contribution is 5.85. The van der Waals surface area contributed by atoms with Crippen molar-refractivity contribution in [2.24, 2.45) is 0 Å². The van der Waals surface area contributed by atoms with Crippen molar-refractivity contribution in [1.82, 2.24) is 0 Å². The van der Waals surface area contributed by atoms with E-state index in [1.54, 1.807) is 0 Å². The standard InChI is InChI=1S/2C15H34N.ClH/c2*1-5-6-7-8-9-10-11-12-13-14-15-16(2,3)4;/h2*5-15H2,1-4H3;1H/q2*+1;. The van der Waals surface area contributed by atoms with Crippen LogP contribution in [0.2, 0.25) is 0 Å². The molecule has 0 spiro atoms. The van der Waals surface area contributed by atoms with Crippen LogP contribution in [0, 0.1) is 0 Å². The fourth-order valence-corrected chi connectivity index (χ4v) is 4.15. The van der Waals surface area contributed by atoms with E-state index in [9.17, 15) is 0 Å². The molecule has 33 heavy (non-hydrogen) atoms. The largest absolute Gasteiger partial charge is 0.331 e. The Kier molecular flexibility index (Phi) is 30.7. The number of rotatable bonds is 22. The number of hydrogen-bond donors (Lipinski definition) is 0. The average Bonchev–Trinajstić information content (AvgIpc) is 2.70. The third-order valence-electron chi connectivity index (χ3n) is 6.36. The van der Waals surface area contributed by atoms with E-state index in [2.05, 4.69) is 56.1 Å². The third kappa shape index (κ3) is 42.8. The van der Waals surface area contributed by atoms with Gasteiger partial charge < -0.3 is 8.97 Å². The van der Waals surface area contributed by atoms with Gasteiger partial charge in [0.1, 0.15) is 0 Å². The van der Waals surface area contributed by atoms with Gasteiger partial charge in [-0.3, -0.25) is 0 Å². The highest BCUT2D eigenvalue weighted by Crippen LogP contribution is 2.12. The first-order valence-electron chi connectivity index (χ1n) is 14.7. The predicted molar refractivity (Wildman–Crippen MR) is 157 cm³/mol. The van der Waals surface area contributed by atoms with Gasteiger partial charge >= 0.3 is 0 Å². The smallest absolute Gasteiger partial charge is 0.0780 e.